The van der Waals surface area contributed by atoms with Crippen LogP contribution >= 0.6 is 11.6 Å². The van der Waals surface area contributed by atoms with Crippen LogP contribution in [0.5, 0.6) is 0 Å². The van der Waals surface area contributed by atoms with Crippen LogP contribution in [0.25, 0.3) is 0 Å². The molecule has 1 aromatic carbocycles. The molecule has 0 saturated heterocycles. The van der Waals surface area contributed by atoms with E-state index in [1.165, 1.54) is 5.69 Å². The SMILES string of the molecule is CCCN(CCC)c1ccc(C(=O)CCCCl)cc1. The number of carbonyl (C=O) groups is 1. The van der Waals surface area contributed by atoms with Crippen LogP contribution in [0, 0.1) is 0 Å². The zero-order chi connectivity index (χ0) is 14.1. The van der Waals surface area contributed by atoms with Gasteiger partial charge in [-0.2, -0.15) is 0 Å². The van der Waals surface area contributed by atoms with Crippen molar-refractivity contribution in [3.05, 3.63) is 29.8 Å². The van der Waals surface area contributed by atoms with Gasteiger partial charge in [0.15, 0.2) is 5.78 Å². The molecule has 2 nitrogen and oxygen atoms in total. The average molecular weight is 282 g/mol. The largest absolute Gasteiger partial charge is 0.372 e. The van der Waals surface area contributed by atoms with Crippen molar-refractivity contribution in [1.29, 1.82) is 0 Å². The van der Waals surface area contributed by atoms with Gasteiger partial charge in [-0.05, 0) is 43.5 Å². The first-order valence-corrected chi connectivity index (χ1v) is 7.70. The van der Waals surface area contributed by atoms with E-state index >= 15 is 0 Å². The molecule has 3 heteroatoms. The quantitative estimate of drug-likeness (QED) is 0.490. The topological polar surface area (TPSA) is 20.3 Å². The van der Waals surface area contributed by atoms with Crippen LogP contribution in [-0.2, 0) is 0 Å². The number of carbonyl (C=O) groups excluding carboxylic acids is 1. The van der Waals surface area contributed by atoms with Crippen LogP contribution in [0.1, 0.15) is 49.9 Å². The minimum absolute atomic E-state index is 0.185. The molecule has 0 heterocycles. The van der Waals surface area contributed by atoms with Gasteiger partial charge in [-0.25, -0.2) is 0 Å². The summed E-state index contributed by atoms with van der Waals surface area (Å²) >= 11 is 5.61. The molecule has 0 aliphatic heterocycles. The molecule has 0 atom stereocenters. The van der Waals surface area contributed by atoms with E-state index in [0.717, 1.165) is 37.9 Å². The van der Waals surface area contributed by atoms with Gasteiger partial charge in [0.1, 0.15) is 0 Å². The van der Waals surface area contributed by atoms with E-state index in [1.807, 2.05) is 12.1 Å². The number of Topliss-reactive ketones (excluding diaryl/α,β-unsaturated/α-hetero) is 1. The molecular formula is C16H24ClNO. The van der Waals surface area contributed by atoms with Crippen molar-refractivity contribution in [3.63, 3.8) is 0 Å². The molecule has 1 aromatic rings. The highest BCUT2D eigenvalue weighted by atomic mass is 35.5. The summed E-state index contributed by atoms with van der Waals surface area (Å²) in [5.41, 5.74) is 2.00. The number of rotatable bonds is 9. The summed E-state index contributed by atoms with van der Waals surface area (Å²) < 4.78 is 0. The van der Waals surface area contributed by atoms with Crippen molar-refractivity contribution in [2.45, 2.75) is 39.5 Å². The molecule has 0 aromatic heterocycles. The summed E-state index contributed by atoms with van der Waals surface area (Å²) in [4.78, 5) is 14.2. The fourth-order valence-corrected chi connectivity index (χ4v) is 2.27. The van der Waals surface area contributed by atoms with Crippen LogP contribution in [-0.4, -0.2) is 24.8 Å². The van der Waals surface area contributed by atoms with Gasteiger partial charge in [-0.1, -0.05) is 13.8 Å². The number of nitrogens with zero attached hydrogens (tertiary/aromatic N) is 1. The number of alkyl halides is 1. The third kappa shape index (κ3) is 5.23. The van der Waals surface area contributed by atoms with E-state index in [0.29, 0.717) is 12.3 Å². The Hall–Kier alpha value is -1.02. The summed E-state index contributed by atoms with van der Waals surface area (Å²) in [6.07, 6.45) is 3.56. The second-order valence-corrected chi connectivity index (χ2v) is 5.13. The van der Waals surface area contributed by atoms with E-state index in [4.69, 9.17) is 11.6 Å². The lowest BCUT2D eigenvalue weighted by Crippen LogP contribution is -2.24. The highest BCUT2D eigenvalue weighted by Crippen LogP contribution is 2.17. The van der Waals surface area contributed by atoms with Crippen LogP contribution < -0.4 is 4.90 Å². The maximum atomic E-state index is 11.9. The predicted octanol–water partition coefficient (Wildman–Crippen LogP) is 4.51. The van der Waals surface area contributed by atoms with Crippen molar-refractivity contribution in [3.8, 4) is 0 Å². The fourth-order valence-electron chi connectivity index (χ4n) is 2.14. The summed E-state index contributed by atoms with van der Waals surface area (Å²) in [5.74, 6) is 0.731. The Labute approximate surface area is 121 Å². The highest BCUT2D eigenvalue weighted by Gasteiger charge is 2.08. The Bertz CT molecular complexity index is 369. The predicted molar refractivity (Wildman–Crippen MR) is 83.5 cm³/mol. The smallest absolute Gasteiger partial charge is 0.162 e. The Balaban J connectivity index is 2.70. The minimum Gasteiger partial charge on any atom is -0.372 e. The van der Waals surface area contributed by atoms with E-state index in [9.17, 15) is 4.79 Å². The normalized spacial score (nSPS) is 10.5. The monoisotopic (exact) mass is 281 g/mol. The number of ketones is 1. The number of benzene rings is 1. The molecule has 0 radical (unpaired) electrons. The van der Waals surface area contributed by atoms with E-state index in [1.54, 1.807) is 0 Å². The molecule has 106 valence electrons. The van der Waals surface area contributed by atoms with Crippen LogP contribution in [0.2, 0.25) is 0 Å². The first kappa shape index (κ1) is 16.0. The molecule has 0 saturated carbocycles. The van der Waals surface area contributed by atoms with Gasteiger partial charge < -0.3 is 4.90 Å². The summed E-state index contributed by atoms with van der Waals surface area (Å²) in [7, 11) is 0. The van der Waals surface area contributed by atoms with Gasteiger partial charge in [-0.15, -0.1) is 11.6 Å². The van der Waals surface area contributed by atoms with Crippen molar-refractivity contribution in [2.75, 3.05) is 23.9 Å². The fraction of sp³-hybridized carbons (Fsp3) is 0.562. The van der Waals surface area contributed by atoms with Gasteiger partial charge in [0.05, 0.1) is 0 Å². The summed E-state index contributed by atoms with van der Waals surface area (Å²) in [6.45, 7) is 6.50. The summed E-state index contributed by atoms with van der Waals surface area (Å²) in [5, 5.41) is 0. The molecule has 0 amide bonds. The molecule has 1 rings (SSSR count). The van der Waals surface area contributed by atoms with Gasteiger partial charge in [0, 0.05) is 36.6 Å². The molecule has 0 fully saturated rings. The molecule has 0 spiro atoms. The maximum absolute atomic E-state index is 11.9. The number of halogens is 1. The van der Waals surface area contributed by atoms with Gasteiger partial charge in [0.2, 0.25) is 0 Å². The second-order valence-electron chi connectivity index (χ2n) is 4.75. The molecule has 0 unspecified atom stereocenters. The van der Waals surface area contributed by atoms with Crippen molar-refractivity contribution in [2.24, 2.45) is 0 Å². The number of hydrogen-bond acceptors (Lipinski definition) is 2. The first-order valence-electron chi connectivity index (χ1n) is 7.17. The van der Waals surface area contributed by atoms with Gasteiger partial charge in [0.25, 0.3) is 0 Å². The third-order valence-corrected chi connectivity index (χ3v) is 3.35. The van der Waals surface area contributed by atoms with Gasteiger partial charge in [-0.3, -0.25) is 4.79 Å². The van der Waals surface area contributed by atoms with Crippen LogP contribution in [0.4, 0.5) is 5.69 Å². The lowest BCUT2D eigenvalue weighted by Gasteiger charge is -2.23. The Morgan fingerprint density at radius 1 is 1.11 bits per heavy atom. The zero-order valence-electron chi connectivity index (χ0n) is 12.0. The lowest BCUT2D eigenvalue weighted by atomic mass is 10.1. The third-order valence-electron chi connectivity index (χ3n) is 3.08. The lowest BCUT2D eigenvalue weighted by molar-refractivity contribution is 0.0982. The van der Waals surface area contributed by atoms with Crippen molar-refractivity contribution in [1.82, 2.24) is 0 Å². The average Bonchev–Trinajstić information content (AvgIpc) is 2.44. The summed E-state index contributed by atoms with van der Waals surface area (Å²) in [6, 6.07) is 7.98. The van der Waals surface area contributed by atoms with Crippen molar-refractivity contribution < 1.29 is 4.79 Å². The maximum Gasteiger partial charge on any atom is 0.162 e. The second kappa shape index (κ2) is 8.98. The van der Waals surface area contributed by atoms with E-state index in [2.05, 4.69) is 30.9 Å². The molecule has 0 aliphatic carbocycles. The highest BCUT2D eigenvalue weighted by molar-refractivity contribution is 6.18. The van der Waals surface area contributed by atoms with Crippen molar-refractivity contribution >= 4 is 23.1 Å². The molecule has 19 heavy (non-hydrogen) atoms. The number of hydrogen-bond donors (Lipinski definition) is 0. The van der Waals surface area contributed by atoms with E-state index in [-0.39, 0.29) is 5.78 Å². The van der Waals surface area contributed by atoms with Crippen LogP contribution in [0.15, 0.2) is 24.3 Å². The Morgan fingerprint density at radius 3 is 2.16 bits per heavy atom. The van der Waals surface area contributed by atoms with Crippen LogP contribution in [0.3, 0.4) is 0 Å². The molecular weight excluding hydrogens is 258 g/mol. The zero-order valence-corrected chi connectivity index (χ0v) is 12.7. The van der Waals surface area contributed by atoms with E-state index < -0.39 is 0 Å². The molecule has 0 N–H and O–H groups in total. The molecule has 0 bridgehead atoms. The standard InChI is InChI=1S/C16H24ClNO/c1-3-12-18(13-4-2)15-9-7-14(8-10-15)16(19)6-5-11-17/h7-10H,3-6,11-13H2,1-2H3. The van der Waals surface area contributed by atoms with Gasteiger partial charge >= 0.3 is 0 Å². The minimum atomic E-state index is 0.185. The first-order chi connectivity index (χ1) is 9.22. The Kier molecular flexibility index (Phi) is 7.57. The molecule has 0 aliphatic rings. The number of anilines is 1. The Morgan fingerprint density at radius 2 is 1.68 bits per heavy atom.